The summed E-state index contributed by atoms with van der Waals surface area (Å²) < 4.78 is 32.1. The van der Waals surface area contributed by atoms with E-state index >= 15 is 0 Å². The van der Waals surface area contributed by atoms with E-state index in [0.29, 0.717) is 6.42 Å². The van der Waals surface area contributed by atoms with Crippen LogP contribution >= 0.6 is 0 Å². The zero-order chi connectivity index (χ0) is 7.33. The van der Waals surface area contributed by atoms with Gasteiger partial charge in [0.2, 0.25) is 0 Å². The van der Waals surface area contributed by atoms with E-state index in [1.807, 2.05) is 6.92 Å². The second kappa shape index (κ2) is 6.61. The number of rotatable bonds is 4. The van der Waals surface area contributed by atoms with Crippen molar-refractivity contribution in [3.05, 3.63) is 0 Å². The van der Waals surface area contributed by atoms with Crippen LogP contribution in [0.25, 0.3) is 0 Å². The third-order valence-electron chi connectivity index (χ3n) is 0.730. The normalized spacial score (nSPS) is 10.6. The van der Waals surface area contributed by atoms with Gasteiger partial charge in [0.25, 0.3) is 0 Å². The molecule has 0 aromatic heterocycles. The Morgan fingerprint density at radius 3 is 2.30 bits per heavy atom. The van der Waals surface area contributed by atoms with Crippen molar-refractivity contribution < 1.29 is 12.8 Å². The molecule has 0 aromatic rings. The van der Waals surface area contributed by atoms with E-state index in [1.54, 1.807) is 0 Å². The summed E-state index contributed by atoms with van der Waals surface area (Å²) in [6, 6.07) is 0. The van der Waals surface area contributed by atoms with Crippen molar-refractivity contribution in [1.29, 1.82) is 0 Å². The van der Waals surface area contributed by atoms with Gasteiger partial charge in [-0.2, -0.15) is 0 Å². The molecule has 0 saturated heterocycles. The van der Waals surface area contributed by atoms with Crippen LogP contribution in [0, 0.1) is 0 Å². The van der Waals surface area contributed by atoms with Crippen LogP contribution in [0.5, 0.6) is 0 Å². The average Bonchev–Trinajstić information content (AvgIpc) is 1.63. The molecule has 0 atom stereocenters. The number of hydrogen-bond acceptors (Lipinski definition) is 3. The van der Waals surface area contributed by atoms with Gasteiger partial charge < -0.3 is 0 Å². The summed E-state index contributed by atoms with van der Waals surface area (Å²) in [6.45, 7) is 2.02. The molecule has 0 amide bonds. The van der Waals surface area contributed by atoms with E-state index in [9.17, 15) is 6.21 Å². The Hall–Kier alpha value is 0.907. The van der Waals surface area contributed by atoms with Gasteiger partial charge in [-0.1, -0.05) is 0 Å². The summed E-state index contributed by atoms with van der Waals surface area (Å²) in [5, 5.41) is 0. The predicted molar refractivity (Wildman–Crippen MR) is 37.4 cm³/mol. The SMILES string of the molecule is CCCCO[Te](=O)(=O)O.[LiH]. The fraction of sp³-hybridized carbons (Fsp3) is 1.00. The Morgan fingerprint density at radius 2 is 2.00 bits per heavy atom. The molecule has 6 heteroatoms. The fourth-order valence-corrected chi connectivity index (χ4v) is 1.25. The third-order valence-corrected chi connectivity index (χ3v) is 2.06. The molecule has 0 unspecified atom stereocenters. The molecule has 0 spiro atoms. The second-order valence-electron chi connectivity index (χ2n) is 1.60. The molecule has 0 rings (SSSR count). The zero-order valence-corrected chi connectivity index (χ0v) is 7.53. The standard InChI is InChI=1S/C4H10O4Te.Li.H/c1-2-3-4-8-9(5,6)7;;/h2-4H2,1H3,(H,5,6,7);;. The van der Waals surface area contributed by atoms with Crippen molar-refractivity contribution in [2.75, 3.05) is 6.61 Å². The Labute approximate surface area is 76.8 Å². The maximum absolute atomic E-state index is 9.95. The summed E-state index contributed by atoms with van der Waals surface area (Å²) >= 11 is -5.15. The van der Waals surface area contributed by atoms with Crippen LogP contribution in [0.15, 0.2) is 0 Å². The molecule has 0 saturated carbocycles. The first-order valence-electron chi connectivity index (χ1n) is 2.68. The van der Waals surface area contributed by atoms with Crippen molar-refractivity contribution in [1.82, 2.24) is 0 Å². The van der Waals surface area contributed by atoms with Crippen LogP contribution in [-0.2, 0) is 9.31 Å². The molecule has 0 aliphatic carbocycles. The molecule has 0 aliphatic heterocycles. The molecular formula is C4H11LiO4Te. The first kappa shape index (κ1) is 13.5. The Balaban J connectivity index is 0. The Bertz CT molecular complexity index is 153. The van der Waals surface area contributed by atoms with E-state index < -0.39 is 19.0 Å². The quantitative estimate of drug-likeness (QED) is 0.542. The molecular weight excluding hydrogens is 247 g/mol. The fourth-order valence-electron chi connectivity index (χ4n) is 0.309. The van der Waals surface area contributed by atoms with Crippen molar-refractivity contribution in [2.24, 2.45) is 0 Å². The molecule has 0 heterocycles. The van der Waals surface area contributed by atoms with Gasteiger partial charge in [0.1, 0.15) is 0 Å². The van der Waals surface area contributed by atoms with Crippen molar-refractivity contribution in [3.63, 3.8) is 0 Å². The number of hydrogen-bond donors (Lipinski definition) is 1. The molecule has 0 fully saturated rings. The Kier molecular flexibility index (Phi) is 8.92. The molecule has 0 aliphatic rings. The molecule has 0 aromatic carbocycles. The van der Waals surface area contributed by atoms with Gasteiger partial charge >= 0.3 is 77.0 Å². The maximum atomic E-state index is 9.95. The molecule has 0 bridgehead atoms. The zero-order valence-electron chi connectivity index (χ0n) is 5.20. The molecule has 4 nitrogen and oxygen atoms in total. The van der Waals surface area contributed by atoms with Crippen LogP contribution in [0.4, 0.5) is 0 Å². The van der Waals surface area contributed by atoms with Crippen LogP contribution in [0.1, 0.15) is 19.8 Å². The third kappa shape index (κ3) is 11.7. The van der Waals surface area contributed by atoms with Crippen molar-refractivity contribution in [3.8, 4) is 0 Å². The average molecular weight is 258 g/mol. The van der Waals surface area contributed by atoms with Gasteiger partial charge in [-0.05, 0) is 0 Å². The minimum absolute atomic E-state index is 0. The van der Waals surface area contributed by atoms with Gasteiger partial charge in [-0.3, -0.25) is 0 Å². The van der Waals surface area contributed by atoms with E-state index in [0.717, 1.165) is 6.42 Å². The minimum atomic E-state index is -5.15. The van der Waals surface area contributed by atoms with Crippen LogP contribution in [0.2, 0.25) is 0 Å². The van der Waals surface area contributed by atoms with E-state index in [4.69, 9.17) is 3.47 Å². The van der Waals surface area contributed by atoms with E-state index in [1.165, 1.54) is 0 Å². The monoisotopic (exact) mass is 260 g/mol. The van der Waals surface area contributed by atoms with Crippen molar-refractivity contribution >= 4 is 37.8 Å². The predicted octanol–water partition coefficient (Wildman–Crippen LogP) is -0.557. The number of unbranched alkanes of at least 4 members (excludes halogenated alkanes) is 1. The molecule has 0 radical (unpaired) electrons. The van der Waals surface area contributed by atoms with Crippen molar-refractivity contribution in [2.45, 2.75) is 19.8 Å². The van der Waals surface area contributed by atoms with E-state index in [2.05, 4.69) is 3.10 Å². The van der Waals surface area contributed by atoms with Crippen LogP contribution < -0.4 is 0 Å². The topological polar surface area (TPSA) is 63.6 Å². The molecule has 58 valence electrons. The summed E-state index contributed by atoms with van der Waals surface area (Å²) in [5.41, 5.74) is 0. The van der Waals surface area contributed by atoms with Gasteiger partial charge in [-0.15, -0.1) is 0 Å². The second-order valence-corrected chi connectivity index (χ2v) is 4.72. The van der Waals surface area contributed by atoms with Gasteiger partial charge in [0.15, 0.2) is 0 Å². The first-order valence-corrected chi connectivity index (χ1v) is 6.57. The summed E-state index contributed by atoms with van der Waals surface area (Å²) in [7, 11) is 0. The van der Waals surface area contributed by atoms with Gasteiger partial charge in [0.05, 0.1) is 0 Å². The van der Waals surface area contributed by atoms with Gasteiger partial charge in [0, 0.05) is 0 Å². The Morgan fingerprint density at radius 1 is 1.50 bits per heavy atom. The van der Waals surface area contributed by atoms with E-state index in [-0.39, 0.29) is 25.5 Å². The molecule has 1 N–H and O–H groups in total. The first-order chi connectivity index (χ1) is 4.06. The molecule has 10 heavy (non-hydrogen) atoms. The van der Waals surface area contributed by atoms with Crippen LogP contribution in [0.3, 0.4) is 0 Å². The van der Waals surface area contributed by atoms with Crippen LogP contribution in [-0.4, -0.2) is 47.9 Å². The van der Waals surface area contributed by atoms with Gasteiger partial charge in [-0.25, -0.2) is 0 Å². The summed E-state index contributed by atoms with van der Waals surface area (Å²) in [6.07, 6.45) is 1.53. The summed E-state index contributed by atoms with van der Waals surface area (Å²) in [4.78, 5) is 0. The summed E-state index contributed by atoms with van der Waals surface area (Å²) in [5.74, 6) is 0.